The average molecular weight is 206 g/mol. The Morgan fingerprint density at radius 3 is 2.00 bits per heavy atom. The summed E-state index contributed by atoms with van der Waals surface area (Å²) in [7, 11) is 0. The average Bonchev–Trinajstić information content (AvgIpc) is 2.26. The lowest BCUT2D eigenvalue weighted by Gasteiger charge is -1.93. The largest absolute Gasteiger partial charge is 0.103 e. The van der Waals surface area contributed by atoms with Gasteiger partial charge < -0.3 is 0 Å². The Hall–Kier alpha value is -0.780. The third kappa shape index (κ3) is 13.2. The molecule has 0 saturated heterocycles. The minimum atomic E-state index is 1.17. The predicted octanol–water partition coefficient (Wildman–Crippen LogP) is 5.43. The molecule has 0 nitrogen and oxygen atoms in total. The molecule has 0 heteroatoms. The van der Waals surface area contributed by atoms with Crippen molar-refractivity contribution in [3.8, 4) is 0 Å². The smallest absolute Gasteiger partial charge is 0.0348 e. The fraction of sp³-hybridized carbons (Fsp3) is 0.600. The van der Waals surface area contributed by atoms with E-state index in [1.807, 2.05) is 6.08 Å². The van der Waals surface area contributed by atoms with Crippen LogP contribution in [0.1, 0.15) is 58.3 Å². The van der Waals surface area contributed by atoms with Crippen LogP contribution in [0.5, 0.6) is 0 Å². The van der Waals surface area contributed by atoms with Crippen molar-refractivity contribution in [1.82, 2.24) is 0 Å². The summed E-state index contributed by atoms with van der Waals surface area (Å²) in [6.45, 7) is 5.95. The predicted molar refractivity (Wildman–Crippen MR) is 71.1 cm³/mol. The van der Waals surface area contributed by atoms with Gasteiger partial charge >= 0.3 is 0 Å². The molecule has 0 aromatic rings. The van der Waals surface area contributed by atoms with Gasteiger partial charge in [0.2, 0.25) is 0 Å². The SMILES string of the molecule is C=CCCCCC/C=C/C=C\CCCC. The Morgan fingerprint density at radius 1 is 0.800 bits per heavy atom. The molecule has 0 amide bonds. The van der Waals surface area contributed by atoms with Crippen molar-refractivity contribution in [2.75, 3.05) is 0 Å². The molecule has 0 fully saturated rings. The third-order valence-corrected chi connectivity index (χ3v) is 2.39. The summed E-state index contributed by atoms with van der Waals surface area (Å²) >= 11 is 0. The fourth-order valence-electron chi connectivity index (χ4n) is 1.40. The van der Waals surface area contributed by atoms with Gasteiger partial charge in [0.25, 0.3) is 0 Å². The first-order chi connectivity index (χ1) is 7.41. The van der Waals surface area contributed by atoms with E-state index in [0.717, 1.165) is 0 Å². The standard InChI is InChI=1S/C15H26/c1-3-5-7-9-11-13-15-14-12-10-8-6-4-2/h3,10,12,14-15H,1,4-9,11,13H2,2H3/b12-10-,15-14+. The van der Waals surface area contributed by atoms with Crippen molar-refractivity contribution >= 4 is 0 Å². The first-order valence-electron chi connectivity index (χ1n) is 6.34. The summed E-state index contributed by atoms with van der Waals surface area (Å²) in [4.78, 5) is 0. The summed E-state index contributed by atoms with van der Waals surface area (Å²) in [6.07, 6.45) is 21.1. The van der Waals surface area contributed by atoms with E-state index in [9.17, 15) is 0 Å². The second-order valence-corrected chi connectivity index (χ2v) is 3.93. The van der Waals surface area contributed by atoms with Crippen LogP contribution in [0.2, 0.25) is 0 Å². The minimum Gasteiger partial charge on any atom is -0.103 e. The van der Waals surface area contributed by atoms with Gasteiger partial charge in [-0.15, -0.1) is 6.58 Å². The lowest BCUT2D eigenvalue weighted by Crippen LogP contribution is -1.73. The molecular formula is C15H26. The topological polar surface area (TPSA) is 0 Å². The van der Waals surface area contributed by atoms with Crippen molar-refractivity contribution in [2.45, 2.75) is 58.3 Å². The summed E-state index contributed by atoms with van der Waals surface area (Å²) in [6, 6.07) is 0. The molecule has 0 aliphatic carbocycles. The molecule has 0 unspecified atom stereocenters. The van der Waals surface area contributed by atoms with Crippen LogP contribution >= 0.6 is 0 Å². The first kappa shape index (κ1) is 14.2. The first-order valence-corrected chi connectivity index (χ1v) is 6.34. The number of allylic oxidation sites excluding steroid dienone is 5. The highest BCUT2D eigenvalue weighted by atomic mass is 13.9. The van der Waals surface area contributed by atoms with Gasteiger partial charge in [0.05, 0.1) is 0 Å². The molecule has 0 atom stereocenters. The lowest BCUT2D eigenvalue weighted by molar-refractivity contribution is 0.696. The van der Waals surface area contributed by atoms with E-state index in [1.54, 1.807) is 0 Å². The summed E-state index contributed by atoms with van der Waals surface area (Å²) in [5, 5.41) is 0. The third-order valence-electron chi connectivity index (χ3n) is 2.39. The van der Waals surface area contributed by atoms with Crippen LogP contribution in [-0.4, -0.2) is 0 Å². The second-order valence-electron chi connectivity index (χ2n) is 3.93. The van der Waals surface area contributed by atoms with Crippen LogP contribution in [0.4, 0.5) is 0 Å². The quantitative estimate of drug-likeness (QED) is 0.254. The monoisotopic (exact) mass is 206 g/mol. The number of unbranched alkanes of at least 4 members (excludes halogenated alkanes) is 6. The van der Waals surface area contributed by atoms with Crippen molar-refractivity contribution in [3.63, 3.8) is 0 Å². The molecule has 0 radical (unpaired) electrons. The molecule has 0 aliphatic rings. The van der Waals surface area contributed by atoms with Gasteiger partial charge in [0.1, 0.15) is 0 Å². The van der Waals surface area contributed by atoms with E-state index in [-0.39, 0.29) is 0 Å². The molecule has 0 aliphatic heterocycles. The van der Waals surface area contributed by atoms with Crippen LogP contribution in [0, 0.1) is 0 Å². The normalized spacial score (nSPS) is 11.5. The van der Waals surface area contributed by atoms with E-state index < -0.39 is 0 Å². The molecule has 0 spiro atoms. The van der Waals surface area contributed by atoms with Crippen molar-refractivity contribution in [2.24, 2.45) is 0 Å². The fourth-order valence-corrected chi connectivity index (χ4v) is 1.40. The molecule has 15 heavy (non-hydrogen) atoms. The number of hydrogen-bond acceptors (Lipinski definition) is 0. The Labute approximate surface area is 95.8 Å². The summed E-state index contributed by atoms with van der Waals surface area (Å²) in [5.74, 6) is 0. The molecule has 0 rings (SSSR count). The van der Waals surface area contributed by atoms with E-state index in [2.05, 4.69) is 37.8 Å². The van der Waals surface area contributed by atoms with Gasteiger partial charge in [0.15, 0.2) is 0 Å². The van der Waals surface area contributed by atoms with Crippen LogP contribution in [0.25, 0.3) is 0 Å². The highest BCUT2D eigenvalue weighted by Gasteiger charge is 1.84. The molecule has 0 heterocycles. The Balaban J connectivity index is 3.16. The number of hydrogen-bond donors (Lipinski definition) is 0. The van der Waals surface area contributed by atoms with E-state index in [1.165, 1.54) is 51.4 Å². The zero-order chi connectivity index (χ0) is 11.2. The van der Waals surface area contributed by atoms with Crippen molar-refractivity contribution in [3.05, 3.63) is 37.0 Å². The van der Waals surface area contributed by atoms with Crippen molar-refractivity contribution in [1.29, 1.82) is 0 Å². The Bertz CT molecular complexity index is 174. The van der Waals surface area contributed by atoms with Crippen LogP contribution in [-0.2, 0) is 0 Å². The van der Waals surface area contributed by atoms with Gasteiger partial charge in [-0.1, -0.05) is 56.6 Å². The summed E-state index contributed by atoms with van der Waals surface area (Å²) in [5.41, 5.74) is 0. The molecule has 0 N–H and O–H groups in total. The molecule has 0 aromatic carbocycles. The molecule has 0 aromatic heterocycles. The minimum absolute atomic E-state index is 1.17. The van der Waals surface area contributed by atoms with Crippen LogP contribution in [0.3, 0.4) is 0 Å². The van der Waals surface area contributed by atoms with Gasteiger partial charge in [-0.3, -0.25) is 0 Å². The Kier molecular flexibility index (Phi) is 12.5. The van der Waals surface area contributed by atoms with Crippen LogP contribution in [0.15, 0.2) is 37.0 Å². The van der Waals surface area contributed by atoms with Crippen molar-refractivity contribution < 1.29 is 0 Å². The molecule has 0 bridgehead atoms. The molecule has 86 valence electrons. The van der Waals surface area contributed by atoms with E-state index in [0.29, 0.717) is 0 Å². The zero-order valence-corrected chi connectivity index (χ0v) is 10.3. The highest BCUT2D eigenvalue weighted by molar-refractivity contribution is 5.02. The highest BCUT2D eigenvalue weighted by Crippen LogP contribution is 2.04. The van der Waals surface area contributed by atoms with E-state index >= 15 is 0 Å². The lowest BCUT2D eigenvalue weighted by atomic mass is 10.1. The van der Waals surface area contributed by atoms with Gasteiger partial charge in [-0.2, -0.15) is 0 Å². The second kappa shape index (κ2) is 13.2. The molecule has 0 saturated carbocycles. The van der Waals surface area contributed by atoms with Gasteiger partial charge in [-0.05, 0) is 32.1 Å². The van der Waals surface area contributed by atoms with Gasteiger partial charge in [-0.25, -0.2) is 0 Å². The maximum absolute atomic E-state index is 3.72. The van der Waals surface area contributed by atoms with E-state index in [4.69, 9.17) is 0 Å². The van der Waals surface area contributed by atoms with Gasteiger partial charge in [0, 0.05) is 0 Å². The van der Waals surface area contributed by atoms with Crippen LogP contribution < -0.4 is 0 Å². The maximum Gasteiger partial charge on any atom is -0.0348 e. The summed E-state index contributed by atoms with van der Waals surface area (Å²) < 4.78 is 0. The Morgan fingerprint density at radius 2 is 1.40 bits per heavy atom. The zero-order valence-electron chi connectivity index (χ0n) is 10.3. The molecular weight excluding hydrogens is 180 g/mol. The maximum atomic E-state index is 3.72. The number of rotatable bonds is 10.